The molecule has 3 heteroatoms. The first-order valence-electron chi connectivity index (χ1n) is 7.69. The molecule has 0 saturated heterocycles. The molecule has 1 saturated carbocycles. The summed E-state index contributed by atoms with van der Waals surface area (Å²) in [5.74, 6) is 1.53. The summed E-state index contributed by atoms with van der Waals surface area (Å²) in [5, 5.41) is 3.76. The van der Waals surface area contributed by atoms with Crippen LogP contribution in [0.4, 0.5) is 5.69 Å². The highest BCUT2D eigenvalue weighted by Gasteiger charge is 2.36. The number of hydrogen-bond donors (Lipinski definition) is 2. The molecule has 2 atom stereocenters. The molecular formula is C17H27BrN2. The molecule has 0 bridgehead atoms. The molecule has 0 amide bonds. The molecule has 0 spiro atoms. The molecular weight excluding hydrogens is 312 g/mol. The molecule has 0 aromatic heterocycles. The number of rotatable bonds is 4. The maximum atomic E-state index is 6.15. The predicted molar refractivity (Wildman–Crippen MR) is 91.1 cm³/mol. The van der Waals surface area contributed by atoms with E-state index in [-0.39, 0.29) is 5.54 Å². The smallest absolute Gasteiger partial charge is 0.0498 e. The van der Waals surface area contributed by atoms with Crippen LogP contribution in [-0.2, 0) is 0 Å². The van der Waals surface area contributed by atoms with Gasteiger partial charge in [0, 0.05) is 22.2 Å². The van der Waals surface area contributed by atoms with Crippen molar-refractivity contribution in [1.82, 2.24) is 0 Å². The van der Waals surface area contributed by atoms with E-state index >= 15 is 0 Å². The molecule has 0 aliphatic heterocycles. The van der Waals surface area contributed by atoms with Gasteiger partial charge < -0.3 is 11.1 Å². The summed E-state index contributed by atoms with van der Waals surface area (Å²) in [7, 11) is 0. The summed E-state index contributed by atoms with van der Waals surface area (Å²) >= 11 is 3.58. The van der Waals surface area contributed by atoms with Crippen molar-refractivity contribution >= 4 is 21.6 Å². The Balaban J connectivity index is 2.18. The van der Waals surface area contributed by atoms with E-state index in [9.17, 15) is 0 Å². The summed E-state index contributed by atoms with van der Waals surface area (Å²) in [6, 6.07) is 6.50. The summed E-state index contributed by atoms with van der Waals surface area (Å²) in [5.41, 5.74) is 8.68. The van der Waals surface area contributed by atoms with Crippen molar-refractivity contribution in [2.24, 2.45) is 17.6 Å². The average molecular weight is 339 g/mol. The van der Waals surface area contributed by atoms with E-state index in [0.717, 1.165) is 16.3 Å². The van der Waals surface area contributed by atoms with Gasteiger partial charge >= 0.3 is 0 Å². The van der Waals surface area contributed by atoms with Gasteiger partial charge in [0.1, 0.15) is 0 Å². The zero-order valence-electron chi connectivity index (χ0n) is 12.9. The Morgan fingerprint density at radius 3 is 2.75 bits per heavy atom. The second kappa shape index (κ2) is 6.48. The Labute approximate surface area is 131 Å². The van der Waals surface area contributed by atoms with Gasteiger partial charge in [-0.25, -0.2) is 0 Å². The molecule has 112 valence electrons. The molecule has 0 heterocycles. The monoisotopic (exact) mass is 338 g/mol. The standard InChI is InChI=1S/C17H27BrN2/c1-12(2)14-5-4-6-17(10-14,11-19)20-16-8-13(3)7-15(18)9-16/h7-9,12,14,20H,4-6,10-11,19H2,1-3H3. The van der Waals surface area contributed by atoms with Crippen molar-refractivity contribution in [3.05, 3.63) is 28.2 Å². The second-order valence-corrected chi connectivity index (χ2v) is 7.64. The minimum absolute atomic E-state index is 0.0699. The SMILES string of the molecule is Cc1cc(Br)cc(NC2(CN)CCCC(C(C)C)C2)c1. The molecule has 1 aliphatic carbocycles. The third-order valence-electron chi connectivity index (χ3n) is 4.67. The predicted octanol–water partition coefficient (Wildman–Crippen LogP) is 4.71. The van der Waals surface area contributed by atoms with Crippen LogP contribution < -0.4 is 11.1 Å². The van der Waals surface area contributed by atoms with Crippen LogP contribution in [0, 0.1) is 18.8 Å². The van der Waals surface area contributed by atoms with Gasteiger partial charge in [0.25, 0.3) is 0 Å². The normalized spacial score (nSPS) is 26.8. The topological polar surface area (TPSA) is 38.0 Å². The Bertz CT molecular complexity index is 438. The molecule has 1 fully saturated rings. The van der Waals surface area contributed by atoms with Gasteiger partial charge in [-0.3, -0.25) is 0 Å². The fraction of sp³-hybridized carbons (Fsp3) is 0.647. The summed E-state index contributed by atoms with van der Waals surface area (Å²) < 4.78 is 1.13. The Morgan fingerprint density at radius 2 is 2.15 bits per heavy atom. The van der Waals surface area contributed by atoms with E-state index in [1.54, 1.807) is 0 Å². The van der Waals surface area contributed by atoms with Gasteiger partial charge in [0.2, 0.25) is 0 Å². The number of hydrogen-bond acceptors (Lipinski definition) is 2. The minimum Gasteiger partial charge on any atom is -0.378 e. The second-order valence-electron chi connectivity index (χ2n) is 6.73. The van der Waals surface area contributed by atoms with E-state index in [0.29, 0.717) is 6.54 Å². The number of anilines is 1. The van der Waals surface area contributed by atoms with Crippen LogP contribution in [0.3, 0.4) is 0 Å². The van der Waals surface area contributed by atoms with Crippen molar-refractivity contribution in [3.63, 3.8) is 0 Å². The summed E-state index contributed by atoms with van der Waals surface area (Å²) in [4.78, 5) is 0. The van der Waals surface area contributed by atoms with E-state index in [2.05, 4.69) is 60.2 Å². The Hall–Kier alpha value is -0.540. The maximum Gasteiger partial charge on any atom is 0.0498 e. The molecule has 2 rings (SSSR count). The van der Waals surface area contributed by atoms with Crippen molar-refractivity contribution in [2.45, 2.75) is 52.0 Å². The minimum atomic E-state index is 0.0699. The maximum absolute atomic E-state index is 6.15. The fourth-order valence-corrected chi connectivity index (χ4v) is 4.05. The number of aryl methyl sites for hydroxylation is 1. The van der Waals surface area contributed by atoms with E-state index in [4.69, 9.17) is 5.73 Å². The van der Waals surface area contributed by atoms with Gasteiger partial charge in [-0.05, 0) is 55.4 Å². The van der Waals surface area contributed by atoms with Crippen LogP contribution in [0.1, 0.15) is 45.1 Å². The molecule has 3 N–H and O–H groups in total. The van der Waals surface area contributed by atoms with Gasteiger partial charge in [0.05, 0.1) is 0 Å². The lowest BCUT2D eigenvalue weighted by Crippen LogP contribution is -2.49. The first-order chi connectivity index (χ1) is 9.44. The molecule has 2 nitrogen and oxygen atoms in total. The highest BCUT2D eigenvalue weighted by molar-refractivity contribution is 9.10. The van der Waals surface area contributed by atoms with Crippen LogP contribution in [0.2, 0.25) is 0 Å². The first-order valence-corrected chi connectivity index (χ1v) is 8.49. The van der Waals surface area contributed by atoms with Crippen LogP contribution in [0.25, 0.3) is 0 Å². The van der Waals surface area contributed by atoms with Gasteiger partial charge in [-0.15, -0.1) is 0 Å². The number of nitrogens with one attached hydrogen (secondary N) is 1. The summed E-state index contributed by atoms with van der Waals surface area (Å²) in [6.07, 6.45) is 4.99. The molecule has 1 aromatic carbocycles. The third-order valence-corrected chi connectivity index (χ3v) is 5.13. The van der Waals surface area contributed by atoms with E-state index in [1.807, 2.05) is 0 Å². The van der Waals surface area contributed by atoms with Crippen molar-refractivity contribution in [2.75, 3.05) is 11.9 Å². The average Bonchev–Trinajstić information content (AvgIpc) is 2.37. The van der Waals surface area contributed by atoms with Crippen molar-refractivity contribution in [1.29, 1.82) is 0 Å². The summed E-state index contributed by atoms with van der Waals surface area (Å²) in [6.45, 7) is 7.51. The van der Waals surface area contributed by atoms with Crippen LogP contribution >= 0.6 is 15.9 Å². The van der Waals surface area contributed by atoms with Crippen LogP contribution in [0.15, 0.2) is 22.7 Å². The first kappa shape index (κ1) is 15.8. The van der Waals surface area contributed by atoms with Crippen molar-refractivity contribution < 1.29 is 0 Å². The van der Waals surface area contributed by atoms with E-state index in [1.165, 1.54) is 36.9 Å². The van der Waals surface area contributed by atoms with Gasteiger partial charge in [-0.1, -0.05) is 42.6 Å². The third kappa shape index (κ3) is 3.76. The molecule has 0 radical (unpaired) electrons. The van der Waals surface area contributed by atoms with E-state index < -0.39 is 0 Å². The van der Waals surface area contributed by atoms with Crippen LogP contribution in [-0.4, -0.2) is 12.1 Å². The molecule has 20 heavy (non-hydrogen) atoms. The number of benzene rings is 1. The molecule has 1 aromatic rings. The van der Waals surface area contributed by atoms with Gasteiger partial charge in [0.15, 0.2) is 0 Å². The Kier molecular flexibility index (Phi) is 5.14. The lowest BCUT2D eigenvalue weighted by molar-refractivity contribution is 0.203. The number of nitrogens with two attached hydrogens (primary N) is 1. The number of halogens is 1. The largest absolute Gasteiger partial charge is 0.378 e. The zero-order chi connectivity index (χ0) is 14.8. The highest BCUT2D eigenvalue weighted by atomic mass is 79.9. The van der Waals surface area contributed by atoms with Gasteiger partial charge in [-0.2, -0.15) is 0 Å². The highest BCUT2D eigenvalue weighted by Crippen LogP contribution is 2.38. The van der Waals surface area contributed by atoms with Crippen molar-refractivity contribution in [3.8, 4) is 0 Å². The quantitative estimate of drug-likeness (QED) is 0.833. The molecule has 2 unspecified atom stereocenters. The Morgan fingerprint density at radius 1 is 1.40 bits per heavy atom. The fourth-order valence-electron chi connectivity index (χ4n) is 3.44. The molecule has 1 aliphatic rings. The lowest BCUT2D eigenvalue weighted by Gasteiger charge is -2.43. The van der Waals surface area contributed by atoms with Crippen LogP contribution in [0.5, 0.6) is 0 Å². The zero-order valence-corrected chi connectivity index (χ0v) is 14.5. The lowest BCUT2D eigenvalue weighted by atomic mass is 9.71.